The van der Waals surface area contributed by atoms with E-state index in [1.54, 1.807) is 12.1 Å². The van der Waals surface area contributed by atoms with Crippen LogP contribution in [-0.4, -0.2) is 52.1 Å². The van der Waals surface area contributed by atoms with Gasteiger partial charge in [0.05, 0.1) is 5.69 Å². The number of hydrogen-bond donors (Lipinski definition) is 1. The number of carbonyl (C=O) groups is 1. The molecule has 0 bridgehead atoms. The van der Waals surface area contributed by atoms with Crippen molar-refractivity contribution in [2.24, 2.45) is 0 Å². The Morgan fingerprint density at radius 3 is 2.73 bits per heavy atom. The molecule has 0 unspecified atom stereocenters. The van der Waals surface area contributed by atoms with Crippen LogP contribution in [0.2, 0.25) is 0 Å². The Morgan fingerprint density at radius 2 is 2.00 bits per heavy atom. The Labute approximate surface area is 154 Å². The zero-order valence-electron chi connectivity index (χ0n) is 15.6. The van der Waals surface area contributed by atoms with Crippen molar-refractivity contribution in [3.05, 3.63) is 52.6 Å². The number of amides is 1. The fraction of sp³-hybridized carbons (Fsp3) is 0.500. The second-order valence-corrected chi connectivity index (χ2v) is 7.01. The highest BCUT2D eigenvalue weighted by molar-refractivity contribution is 5.76. The molecule has 0 aliphatic carbocycles. The molecule has 140 valence electrons. The summed E-state index contributed by atoms with van der Waals surface area (Å²) in [5.41, 5.74) is 4.03. The Hall–Kier alpha value is -2.21. The molecule has 1 aromatic carbocycles. The van der Waals surface area contributed by atoms with Crippen LogP contribution in [0.4, 0.5) is 4.39 Å². The molecule has 1 saturated heterocycles. The van der Waals surface area contributed by atoms with Gasteiger partial charge in [-0.3, -0.25) is 14.8 Å². The minimum Gasteiger partial charge on any atom is -0.341 e. The molecule has 6 heteroatoms. The predicted octanol–water partition coefficient (Wildman–Crippen LogP) is 2.83. The van der Waals surface area contributed by atoms with Gasteiger partial charge in [-0.1, -0.05) is 18.2 Å². The normalized spacial score (nSPS) is 15.9. The van der Waals surface area contributed by atoms with Gasteiger partial charge in [0.2, 0.25) is 5.91 Å². The first-order valence-corrected chi connectivity index (χ1v) is 9.28. The van der Waals surface area contributed by atoms with Crippen molar-refractivity contribution < 1.29 is 9.18 Å². The minimum absolute atomic E-state index is 0.116. The molecule has 1 N–H and O–H groups in total. The summed E-state index contributed by atoms with van der Waals surface area (Å²) in [6.45, 7) is 8.27. The van der Waals surface area contributed by atoms with E-state index in [-0.39, 0.29) is 11.7 Å². The van der Waals surface area contributed by atoms with Gasteiger partial charge in [0.25, 0.3) is 0 Å². The van der Waals surface area contributed by atoms with E-state index in [1.807, 2.05) is 24.8 Å². The topological polar surface area (TPSA) is 52.2 Å². The van der Waals surface area contributed by atoms with Crippen molar-refractivity contribution in [1.29, 1.82) is 0 Å². The van der Waals surface area contributed by atoms with Gasteiger partial charge in [-0.25, -0.2) is 4.39 Å². The number of nitrogens with one attached hydrogen (secondary N) is 1. The van der Waals surface area contributed by atoms with Gasteiger partial charge in [-0.2, -0.15) is 5.10 Å². The highest BCUT2D eigenvalue weighted by atomic mass is 19.1. The van der Waals surface area contributed by atoms with Crippen LogP contribution in [0.3, 0.4) is 0 Å². The molecule has 0 radical (unpaired) electrons. The van der Waals surface area contributed by atoms with E-state index in [9.17, 15) is 9.18 Å². The van der Waals surface area contributed by atoms with E-state index in [2.05, 4.69) is 15.1 Å². The molecule has 1 aromatic heterocycles. The summed E-state index contributed by atoms with van der Waals surface area (Å²) >= 11 is 0. The molecule has 0 saturated carbocycles. The number of aryl methyl sites for hydroxylation is 3. The zero-order valence-corrected chi connectivity index (χ0v) is 15.6. The summed E-state index contributed by atoms with van der Waals surface area (Å²) in [7, 11) is 0. The Kier molecular flexibility index (Phi) is 6.04. The molecule has 1 amide bonds. The molecular weight excluding hydrogens is 331 g/mol. The second-order valence-electron chi connectivity index (χ2n) is 7.01. The summed E-state index contributed by atoms with van der Waals surface area (Å²) in [5, 5.41) is 7.30. The Balaban J connectivity index is 1.51. The van der Waals surface area contributed by atoms with Gasteiger partial charge in [0, 0.05) is 50.4 Å². The van der Waals surface area contributed by atoms with Gasteiger partial charge in [-0.05, 0) is 38.3 Å². The number of hydrogen-bond acceptors (Lipinski definition) is 3. The third-order valence-corrected chi connectivity index (χ3v) is 5.17. The molecule has 1 aliphatic rings. The van der Waals surface area contributed by atoms with E-state index in [4.69, 9.17) is 0 Å². The van der Waals surface area contributed by atoms with Crippen LogP contribution in [0.15, 0.2) is 24.3 Å². The SMILES string of the molecule is Cc1n[nH]c(C)c1CN1CCCN(C(=O)CCc2ccccc2F)CC1. The number of benzene rings is 1. The lowest BCUT2D eigenvalue weighted by Crippen LogP contribution is -2.35. The van der Waals surface area contributed by atoms with Crippen LogP contribution in [0.5, 0.6) is 0 Å². The van der Waals surface area contributed by atoms with Crippen molar-refractivity contribution in [3.63, 3.8) is 0 Å². The van der Waals surface area contributed by atoms with Crippen LogP contribution in [0, 0.1) is 19.7 Å². The smallest absolute Gasteiger partial charge is 0.222 e. The third-order valence-electron chi connectivity index (χ3n) is 5.17. The summed E-state index contributed by atoms with van der Waals surface area (Å²) in [6.07, 6.45) is 1.78. The van der Waals surface area contributed by atoms with Crippen molar-refractivity contribution in [2.45, 2.75) is 39.7 Å². The lowest BCUT2D eigenvalue weighted by Gasteiger charge is -2.22. The second kappa shape index (κ2) is 8.45. The lowest BCUT2D eigenvalue weighted by molar-refractivity contribution is -0.131. The van der Waals surface area contributed by atoms with Crippen molar-refractivity contribution in [1.82, 2.24) is 20.0 Å². The molecule has 26 heavy (non-hydrogen) atoms. The maximum Gasteiger partial charge on any atom is 0.222 e. The predicted molar refractivity (Wildman–Crippen MR) is 99.3 cm³/mol. The number of aromatic nitrogens is 2. The van der Waals surface area contributed by atoms with Crippen molar-refractivity contribution in [3.8, 4) is 0 Å². The highest BCUT2D eigenvalue weighted by Gasteiger charge is 2.20. The van der Waals surface area contributed by atoms with E-state index < -0.39 is 0 Å². The molecule has 5 nitrogen and oxygen atoms in total. The summed E-state index contributed by atoms with van der Waals surface area (Å²) < 4.78 is 13.7. The van der Waals surface area contributed by atoms with Crippen molar-refractivity contribution in [2.75, 3.05) is 26.2 Å². The lowest BCUT2D eigenvalue weighted by atomic mass is 10.1. The quantitative estimate of drug-likeness (QED) is 0.894. The molecule has 2 heterocycles. The number of carbonyl (C=O) groups excluding carboxylic acids is 1. The minimum atomic E-state index is -0.229. The summed E-state index contributed by atoms with van der Waals surface area (Å²) in [6, 6.07) is 6.69. The number of aromatic amines is 1. The van der Waals surface area contributed by atoms with E-state index in [0.717, 1.165) is 50.5 Å². The highest BCUT2D eigenvalue weighted by Crippen LogP contribution is 2.15. The van der Waals surface area contributed by atoms with Gasteiger partial charge >= 0.3 is 0 Å². The van der Waals surface area contributed by atoms with Gasteiger partial charge < -0.3 is 4.90 Å². The van der Waals surface area contributed by atoms with E-state index in [1.165, 1.54) is 11.6 Å². The van der Waals surface area contributed by atoms with Crippen LogP contribution in [0.1, 0.15) is 35.4 Å². The fourth-order valence-electron chi connectivity index (χ4n) is 3.51. The standard InChI is InChI=1S/C20H27FN4O/c1-15-18(16(2)23-22-15)14-24-10-5-11-25(13-12-24)20(26)9-8-17-6-3-4-7-19(17)21/h3-4,6-7H,5,8-14H2,1-2H3,(H,22,23). The first kappa shape index (κ1) is 18.6. The molecular formula is C20H27FN4O. The molecule has 3 rings (SSSR count). The van der Waals surface area contributed by atoms with Crippen LogP contribution in [-0.2, 0) is 17.8 Å². The van der Waals surface area contributed by atoms with Gasteiger partial charge in [0.15, 0.2) is 0 Å². The van der Waals surface area contributed by atoms with E-state index >= 15 is 0 Å². The number of nitrogens with zero attached hydrogens (tertiary/aromatic N) is 3. The van der Waals surface area contributed by atoms with Crippen LogP contribution in [0.25, 0.3) is 0 Å². The number of H-pyrrole nitrogens is 1. The molecule has 2 aromatic rings. The molecule has 1 fully saturated rings. The first-order valence-electron chi connectivity index (χ1n) is 9.28. The largest absolute Gasteiger partial charge is 0.341 e. The average Bonchev–Trinajstić information content (AvgIpc) is 2.83. The Morgan fingerprint density at radius 1 is 1.19 bits per heavy atom. The molecule has 0 atom stereocenters. The Bertz CT molecular complexity index is 739. The third kappa shape index (κ3) is 4.49. The van der Waals surface area contributed by atoms with Crippen LogP contribution >= 0.6 is 0 Å². The molecule has 0 spiro atoms. The number of halogens is 1. The zero-order chi connectivity index (χ0) is 18.5. The number of rotatable bonds is 5. The maximum absolute atomic E-state index is 13.7. The average molecular weight is 358 g/mol. The first-order chi connectivity index (χ1) is 12.5. The summed E-state index contributed by atoms with van der Waals surface area (Å²) in [4.78, 5) is 16.8. The van der Waals surface area contributed by atoms with Crippen LogP contribution < -0.4 is 0 Å². The van der Waals surface area contributed by atoms with E-state index in [0.29, 0.717) is 18.4 Å². The monoisotopic (exact) mass is 358 g/mol. The maximum atomic E-state index is 13.7. The van der Waals surface area contributed by atoms with Gasteiger partial charge in [-0.15, -0.1) is 0 Å². The summed E-state index contributed by atoms with van der Waals surface area (Å²) in [5.74, 6) is -0.112. The fourth-order valence-corrected chi connectivity index (χ4v) is 3.51. The molecule has 1 aliphatic heterocycles. The van der Waals surface area contributed by atoms with Crippen molar-refractivity contribution >= 4 is 5.91 Å². The van der Waals surface area contributed by atoms with Gasteiger partial charge in [0.1, 0.15) is 5.82 Å².